The van der Waals surface area contributed by atoms with Crippen LogP contribution in [0.4, 0.5) is 10.9 Å². The summed E-state index contributed by atoms with van der Waals surface area (Å²) >= 11 is 1.52. The lowest BCUT2D eigenvalue weighted by Crippen LogP contribution is -2.33. The zero-order valence-electron chi connectivity index (χ0n) is 28.0. The molecule has 250 valence electrons. The molecule has 1 unspecified atom stereocenters. The van der Waals surface area contributed by atoms with Crippen LogP contribution in [0.3, 0.4) is 0 Å². The molecular formula is C38H44N6O3S. The van der Waals surface area contributed by atoms with E-state index in [9.17, 15) is 9.90 Å². The highest BCUT2D eigenvalue weighted by atomic mass is 32.1. The molecule has 0 saturated heterocycles. The Labute approximate surface area is 286 Å². The number of fused-ring (bicyclic) bond motifs is 2. The summed E-state index contributed by atoms with van der Waals surface area (Å²) < 4.78 is 8.92. The fraction of sp³-hybridized carbons (Fsp3) is 0.421. The van der Waals surface area contributed by atoms with Crippen molar-refractivity contribution in [1.82, 2.24) is 19.7 Å². The number of nitrogens with one attached hydrogen (secondary N) is 1. The third kappa shape index (κ3) is 6.82. The van der Waals surface area contributed by atoms with Gasteiger partial charge in [-0.25, -0.2) is 14.8 Å². The van der Waals surface area contributed by atoms with Crippen LogP contribution < -0.4 is 10.2 Å². The molecule has 0 radical (unpaired) electrons. The predicted octanol–water partition coefficient (Wildman–Crippen LogP) is 7.92. The van der Waals surface area contributed by atoms with Crippen LogP contribution in [-0.4, -0.2) is 44.0 Å². The maximum absolute atomic E-state index is 13.6. The first-order valence-corrected chi connectivity index (χ1v) is 18.0. The van der Waals surface area contributed by atoms with Crippen LogP contribution in [0, 0.1) is 18.8 Å². The molecule has 0 amide bonds. The molecule has 48 heavy (non-hydrogen) atoms. The van der Waals surface area contributed by atoms with Gasteiger partial charge in [0.05, 0.1) is 23.0 Å². The average molecular weight is 665 g/mol. The Morgan fingerprint density at radius 2 is 1.88 bits per heavy atom. The maximum Gasteiger partial charge on any atom is 0.357 e. The normalized spacial score (nSPS) is 15.9. The smallest absolute Gasteiger partial charge is 0.357 e. The van der Waals surface area contributed by atoms with Crippen molar-refractivity contribution in [3.05, 3.63) is 88.9 Å². The second kappa shape index (κ2) is 14.1. The van der Waals surface area contributed by atoms with Crippen LogP contribution in [0.5, 0.6) is 0 Å². The largest absolute Gasteiger partial charge is 0.461 e. The minimum atomic E-state index is -0.925. The Bertz CT molecular complexity index is 1880. The van der Waals surface area contributed by atoms with E-state index in [0.29, 0.717) is 35.7 Å². The van der Waals surface area contributed by atoms with Crippen molar-refractivity contribution in [2.75, 3.05) is 23.4 Å². The number of anilines is 2. The fourth-order valence-electron chi connectivity index (χ4n) is 7.01. The van der Waals surface area contributed by atoms with Crippen LogP contribution in [0.1, 0.15) is 85.1 Å². The van der Waals surface area contributed by atoms with Crippen molar-refractivity contribution in [1.29, 1.82) is 0 Å². The molecule has 1 atom stereocenters. The summed E-state index contributed by atoms with van der Waals surface area (Å²) in [5.74, 6) is 1.13. The number of ether oxygens (including phenoxy) is 1. The molecule has 3 aromatic heterocycles. The number of para-hydroxylation sites is 1. The first-order valence-electron chi connectivity index (χ1n) is 17.2. The maximum atomic E-state index is 13.6. The molecule has 0 spiro atoms. The van der Waals surface area contributed by atoms with Gasteiger partial charge in [-0.2, -0.15) is 5.10 Å². The Hall–Kier alpha value is -4.28. The predicted molar refractivity (Wildman–Crippen MR) is 191 cm³/mol. The van der Waals surface area contributed by atoms with Gasteiger partial charge < -0.3 is 20.1 Å². The molecule has 2 aliphatic rings. The molecule has 0 bridgehead atoms. The number of rotatable bonds is 10. The summed E-state index contributed by atoms with van der Waals surface area (Å²) in [6.45, 7) is 8.65. The van der Waals surface area contributed by atoms with Crippen LogP contribution in [0.15, 0.2) is 60.8 Å². The van der Waals surface area contributed by atoms with E-state index in [1.54, 1.807) is 0 Å². The minimum absolute atomic E-state index is 0.209. The summed E-state index contributed by atoms with van der Waals surface area (Å²) in [5.41, 5.74) is 6.98. The van der Waals surface area contributed by atoms with E-state index in [-0.39, 0.29) is 5.92 Å². The van der Waals surface area contributed by atoms with Crippen molar-refractivity contribution < 1.29 is 14.6 Å². The van der Waals surface area contributed by atoms with Crippen molar-refractivity contribution in [3.8, 4) is 11.1 Å². The number of nitrogens with zero attached hydrogens (tertiary/aromatic N) is 5. The third-order valence-corrected chi connectivity index (χ3v) is 10.6. The SMILES string of the molecule is Cc1c(-c2ccc(N3CCc4cccc(C(O)Nc5nc6ccccc6s5)c4C3)nc2C(=O)OCC(C)C)cnn1CC1CCCCC1. The van der Waals surface area contributed by atoms with E-state index in [4.69, 9.17) is 14.8 Å². The number of benzene rings is 2. The van der Waals surface area contributed by atoms with E-state index >= 15 is 0 Å². The molecule has 4 heterocycles. The molecule has 2 aromatic carbocycles. The number of carbonyl (C=O) groups is 1. The van der Waals surface area contributed by atoms with E-state index in [1.165, 1.54) is 49.0 Å². The highest BCUT2D eigenvalue weighted by molar-refractivity contribution is 7.22. The quantitative estimate of drug-likeness (QED) is 0.115. The molecular weight excluding hydrogens is 621 g/mol. The standard InChI is InChI=1S/C38H44N6O3S/c1-24(2)23-47-37(46)35-28(30-20-39-44(25(30)3)21-26-10-5-4-6-11-26)16-17-34(41-35)43-19-18-27-12-9-13-29(31(27)22-43)36(45)42-38-40-32-14-7-8-15-33(32)48-38/h7-9,12-17,20,24,26,36,45H,4-6,10-11,18-19,21-23H2,1-3H3,(H,40,42). The number of pyridine rings is 1. The zero-order valence-corrected chi connectivity index (χ0v) is 28.8. The lowest BCUT2D eigenvalue weighted by molar-refractivity contribution is 0.0453. The summed E-state index contributed by atoms with van der Waals surface area (Å²) in [4.78, 5) is 25.4. The summed E-state index contributed by atoms with van der Waals surface area (Å²) in [5, 5.41) is 20.0. The second-order valence-corrected chi connectivity index (χ2v) is 14.6. The number of aliphatic hydroxyl groups is 1. The zero-order chi connectivity index (χ0) is 33.2. The van der Waals surface area contributed by atoms with Gasteiger partial charge in [-0.15, -0.1) is 0 Å². The van der Waals surface area contributed by atoms with E-state index < -0.39 is 12.2 Å². The Kier molecular flexibility index (Phi) is 9.45. The van der Waals surface area contributed by atoms with E-state index in [2.05, 4.69) is 32.9 Å². The summed E-state index contributed by atoms with van der Waals surface area (Å²) in [6.07, 6.45) is 8.13. The van der Waals surface area contributed by atoms with Gasteiger partial charge in [0, 0.05) is 42.0 Å². The minimum Gasteiger partial charge on any atom is -0.461 e. The highest BCUT2D eigenvalue weighted by Gasteiger charge is 2.27. The van der Waals surface area contributed by atoms with E-state index in [0.717, 1.165) is 57.7 Å². The number of carbonyl (C=O) groups excluding carboxylic acids is 1. The lowest BCUT2D eigenvalue weighted by atomic mass is 9.89. The monoisotopic (exact) mass is 664 g/mol. The van der Waals surface area contributed by atoms with Gasteiger partial charge in [0.2, 0.25) is 0 Å². The van der Waals surface area contributed by atoms with Crippen molar-refractivity contribution in [2.45, 2.75) is 78.6 Å². The van der Waals surface area contributed by atoms with Gasteiger partial charge in [0.15, 0.2) is 17.1 Å². The number of aliphatic hydroxyl groups excluding tert-OH is 1. The van der Waals surface area contributed by atoms with Gasteiger partial charge in [0.1, 0.15) is 5.82 Å². The second-order valence-electron chi connectivity index (χ2n) is 13.6. The Morgan fingerprint density at radius 3 is 2.69 bits per heavy atom. The topological polar surface area (TPSA) is 105 Å². The molecule has 1 saturated carbocycles. The lowest BCUT2D eigenvalue weighted by Gasteiger charge is -2.32. The van der Waals surface area contributed by atoms with Gasteiger partial charge in [-0.1, -0.05) is 74.8 Å². The first-order chi connectivity index (χ1) is 23.3. The van der Waals surface area contributed by atoms with Gasteiger partial charge in [0.25, 0.3) is 0 Å². The van der Waals surface area contributed by atoms with Crippen LogP contribution in [-0.2, 0) is 24.2 Å². The summed E-state index contributed by atoms with van der Waals surface area (Å²) in [7, 11) is 0. The third-order valence-electron chi connectivity index (χ3n) is 9.65. The Morgan fingerprint density at radius 1 is 1.04 bits per heavy atom. The molecule has 7 rings (SSSR count). The van der Waals surface area contributed by atoms with Crippen molar-refractivity contribution in [2.24, 2.45) is 11.8 Å². The fourth-order valence-corrected chi connectivity index (χ4v) is 7.89. The van der Waals surface area contributed by atoms with Gasteiger partial charge in [-0.05, 0) is 73.4 Å². The molecule has 1 fully saturated rings. The van der Waals surface area contributed by atoms with E-state index in [1.807, 2.05) is 68.6 Å². The average Bonchev–Trinajstić information content (AvgIpc) is 3.68. The van der Waals surface area contributed by atoms with Gasteiger partial charge in [-0.3, -0.25) is 4.68 Å². The molecule has 10 heteroatoms. The summed E-state index contributed by atoms with van der Waals surface area (Å²) in [6, 6.07) is 18.0. The molecule has 1 aliphatic heterocycles. The van der Waals surface area contributed by atoms with Crippen LogP contribution >= 0.6 is 11.3 Å². The van der Waals surface area contributed by atoms with Crippen LogP contribution in [0.25, 0.3) is 21.3 Å². The molecule has 5 aromatic rings. The highest BCUT2D eigenvalue weighted by Crippen LogP contribution is 2.35. The number of thiazole rings is 1. The Balaban J connectivity index is 1.16. The number of hydrogen-bond donors (Lipinski definition) is 2. The first kappa shape index (κ1) is 32.3. The van der Waals surface area contributed by atoms with Crippen molar-refractivity contribution >= 4 is 38.5 Å². The van der Waals surface area contributed by atoms with Crippen LogP contribution in [0.2, 0.25) is 0 Å². The number of aromatic nitrogens is 4. The number of hydrogen-bond acceptors (Lipinski definition) is 9. The molecule has 2 N–H and O–H groups in total. The van der Waals surface area contributed by atoms with Crippen molar-refractivity contribution in [3.63, 3.8) is 0 Å². The molecule has 1 aliphatic carbocycles. The molecule has 9 nitrogen and oxygen atoms in total. The van der Waals surface area contributed by atoms with Gasteiger partial charge >= 0.3 is 5.97 Å². The number of esters is 1.